The molecule has 0 aliphatic carbocycles. The lowest BCUT2D eigenvalue weighted by atomic mass is 10.1. The number of allylic oxidation sites excluding steroid dienone is 1. The van der Waals surface area contributed by atoms with Gasteiger partial charge in [0.1, 0.15) is 5.76 Å². The van der Waals surface area contributed by atoms with Crippen LogP contribution in [-0.4, -0.2) is 6.09 Å². The van der Waals surface area contributed by atoms with Gasteiger partial charge in [0.15, 0.2) is 0 Å². The number of fused-ring (bicyclic) bond motifs is 1. The Labute approximate surface area is 106 Å². The number of ether oxygens (including phenoxy) is 1. The van der Waals surface area contributed by atoms with E-state index in [2.05, 4.69) is 0 Å². The zero-order chi connectivity index (χ0) is 13.0. The van der Waals surface area contributed by atoms with Crippen LogP contribution in [0.4, 0.5) is 4.79 Å². The van der Waals surface area contributed by atoms with E-state index in [1.165, 1.54) is 0 Å². The van der Waals surface area contributed by atoms with E-state index in [9.17, 15) is 4.79 Å². The Hall–Kier alpha value is -2.29. The molecular weight excluding hydrogens is 226 g/mol. The molecule has 0 unspecified atom stereocenters. The van der Waals surface area contributed by atoms with Gasteiger partial charge >= 0.3 is 6.09 Å². The van der Waals surface area contributed by atoms with E-state index >= 15 is 0 Å². The first-order chi connectivity index (χ1) is 8.70. The quantitative estimate of drug-likeness (QED) is 0.833. The van der Waals surface area contributed by atoms with Gasteiger partial charge in [0.25, 0.3) is 0 Å². The van der Waals surface area contributed by atoms with Crippen molar-refractivity contribution < 1.29 is 9.53 Å². The van der Waals surface area contributed by atoms with Crippen LogP contribution < -0.4 is 5.73 Å². The molecule has 0 bridgehead atoms. The lowest BCUT2D eigenvalue weighted by Gasteiger charge is -2.08. The van der Waals surface area contributed by atoms with Crippen molar-refractivity contribution in [2.45, 2.75) is 13.3 Å². The molecule has 0 saturated carbocycles. The molecule has 0 aromatic heterocycles. The molecule has 3 nitrogen and oxygen atoms in total. The average Bonchev–Trinajstić information content (AvgIpc) is 2.37. The lowest BCUT2D eigenvalue weighted by Crippen LogP contribution is -2.12. The van der Waals surface area contributed by atoms with Crippen molar-refractivity contribution in [2.24, 2.45) is 5.73 Å². The lowest BCUT2D eigenvalue weighted by molar-refractivity contribution is 0.202. The third kappa shape index (κ3) is 2.69. The summed E-state index contributed by atoms with van der Waals surface area (Å²) >= 11 is 0. The molecule has 3 heteroatoms. The summed E-state index contributed by atoms with van der Waals surface area (Å²) in [5.41, 5.74) is 5.93. The third-order valence-electron chi connectivity index (χ3n) is 2.63. The molecule has 0 heterocycles. The number of amides is 1. The maximum absolute atomic E-state index is 10.9. The van der Waals surface area contributed by atoms with E-state index < -0.39 is 6.09 Å². The van der Waals surface area contributed by atoms with Crippen LogP contribution in [0.15, 0.2) is 48.5 Å². The van der Waals surface area contributed by atoms with Crippen molar-refractivity contribution >= 4 is 22.6 Å². The van der Waals surface area contributed by atoms with Gasteiger partial charge in [-0.3, -0.25) is 0 Å². The minimum atomic E-state index is -0.789. The molecule has 0 saturated heterocycles. The highest BCUT2D eigenvalue weighted by Crippen LogP contribution is 2.22. The van der Waals surface area contributed by atoms with Gasteiger partial charge in [-0.05, 0) is 29.3 Å². The molecule has 0 aliphatic rings. The van der Waals surface area contributed by atoms with Crippen molar-refractivity contribution in [3.05, 3.63) is 54.1 Å². The van der Waals surface area contributed by atoms with Crippen LogP contribution in [0, 0.1) is 0 Å². The highest BCUT2D eigenvalue weighted by molar-refractivity contribution is 5.86. The molecule has 18 heavy (non-hydrogen) atoms. The molecule has 92 valence electrons. The first-order valence-electron chi connectivity index (χ1n) is 5.87. The van der Waals surface area contributed by atoms with Crippen molar-refractivity contribution in [3.63, 3.8) is 0 Å². The smallest absolute Gasteiger partial charge is 0.409 e. The molecule has 0 atom stereocenters. The van der Waals surface area contributed by atoms with Crippen molar-refractivity contribution in [1.29, 1.82) is 0 Å². The Balaban J connectivity index is 2.44. The van der Waals surface area contributed by atoms with Gasteiger partial charge in [0.2, 0.25) is 0 Å². The Bertz CT molecular complexity index is 602. The summed E-state index contributed by atoms with van der Waals surface area (Å²) in [6.45, 7) is 1.98. The van der Waals surface area contributed by atoms with Gasteiger partial charge in [0, 0.05) is 5.56 Å². The van der Waals surface area contributed by atoms with Crippen LogP contribution in [0.3, 0.4) is 0 Å². The molecular formula is C15H15NO2. The summed E-state index contributed by atoms with van der Waals surface area (Å²) in [5.74, 6) is 0.510. The second kappa shape index (κ2) is 5.36. The van der Waals surface area contributed by atoms with E-state index in [0.29, 0.717) is 5.76 Å². The highest BCUT2D eigenvalue weighted by atomic mass is 16.5. The highest BCUT2D eigenvalue weighted by Gasteiger charge is 2.06. The monoisotopic (exact) mass is 241 g/mol. The topological polar surface area (TPSA) is 52.3 Å². The summed E-state index contributed by atoms with van der Waals surface area (Å²) in [6.07, 6.45) is 1.83. The molecule has 2 N–H and O–H groups in total. The standard InChI is InChI=1S/C15H15NO2/c1-2-5-14(18-15(16)17)13-9-8-11-6-3-4-7-12(11)10-13/h3-10H,2H2,1H3,(H2,16,17)/b14-5-. The van der Waals surface area contributed by atoms with E-state index in [0.717, 1.165) is 22.8 Å². The van der Waals surface area contributed by atoms with E-state index in [4.69, 9.17) is 10.5 Å². The fourth-order valence-electron chi connectivity index (χ4n) is 1.85. The summed E-state index contributed by atoms with van der Waals surface area (Å²) in [6, 6.07) is 13.9. The Morgan fingerprint density at radius 2 is 1.94 bits per heavy atom. The zero-order valence-electron chi connectivity index (χ0n) is 10.2. The predicted molar refractivity (Wildman–Crippen MR) is 72.9 cm³/mol. The van der Waals surface area contributed by atoms with Gasteiger partial charge in [-0.1, -0.05) is 43.3 Å². The number of carbonyl (C=O) groups excluding carboxylic acids is 1. The van der Waals surface area contributed by atoms with Gasteiger partial charge in [-0.2, -0.15) is 0 Å². The normalized spacial score (nSPS) is 11.5. The Kier molecular flexibility index (Phi) is 3.63. The van der Waals surface area contributed by atoms with Gasteiger partial charge in [0.05, 0.1) is 0 Å². The molecule has 0 aliphatic heterocycles. The second-order valence-corrected chi connectivity index (χ2v) is 3.96. The fourth-order valence-corrected chi connectivity index (χ4v) is 1.85. The number of rotatable bonds is 3. The molecule has 2 aromatic carbocycles. The maximum Gasteiger partial charge on any atom is 0.409 e. The summed E-state index contributed by atoms with van der Waals surface area (Å²) in [4.78, 5) is 10.9. The van der Waals surface area contributed by atoms with Crippen molar-refractivity contribution in [2.75, 3.05) is 0 Å². The molecule has 1 amide bonds. The van der Waals surface area contributed by atoms with Crippen molar-refractivity contribution in [3.8, 4) is 0 Å². The van der Waals surface area contributed by atoms with Crippen LogP contribution in [-0.2, 0) is 4.74 Å². The fraction of sp³-hybridized carbons (Fsp3) is 0.133. The first-order valence-corrected chi connectivity index (χ1v) is 5.87. The number of carbonyl (C=O) groups is 1. The third-order valence-corrected chi connectivity index (χ3v) is 2.63. The summed E-state index contributed by atoms with van der Waals surface area (Å²) < 4.78 is 5.03. The first kappa shape index (κ1) is 12.2. The maximum atomic E-state index is 10.9. The molecule has 2 aromatic rings. The number of nitrogens with two attached hydrogens (primary N) is 1. The van der Waals surface area contributed by atoms with E-state index in [-0.39, 0.29) is 0 Å². The van der Waals surface area contributed by atoms with Crippen LogP contribution in [0.25, 0.3) is 16.5 Å². The van der Waals surface area contributed by atoms with Crippen LogP contribution >= 0.6 is 0 Å². The van der Waals surface area contributed by atoms with Gasteiger partial charge < -0.3 is 10.5 Å². The molecule has 2 rings (SSSR count). The minimum Gasteiger partial charge on any atom is -0.410 e. The predicted octanol–water partition coefficient (Wildman–Crippen LogP) is 3.69. The molecule has 0 fully saturated rings. The Morgan fingerprint density at radius 1 is 1.22 bits per heavy atom. The Morgan fingerprint density at radius 3 is 2.61 bits per heavy atom. The molecule has 0 radical (unpaired) electrons. The van der Waals surface area contributed by atoms with E-state index in [1.54, 1.807) is 0 Å². The van der Waals surface area contributed by atoms with Crippen molar-refractivity contribution in [1.82, 2.24) is 0 Å². The minimum absolute atomic E-state index is 0.510. The SMILES string of the molecule is CC/C=C(\OC(N)=O)c1ccc2ccccc2c1. The largest absolute Gasteiger partial charge is 0.410 e. The van der Waals surface area contributed by atoms with E-state index in [1.807, 2.05) is 55.5 Å². The van der Waals surface area contributed by atoms with Gasteiger partial charge in [-0.25, -0.2) is 4.79 Å². The van der Waals surface area contributed by atoms with Crippen LogP contribution in [0.2, 0.25) is 0 Å². The zero-order valence-corrected chi connectivity index (χ0v) is 10.2. The van der Waals surface area contributed by atoms with Crippen LogP contribution in [0.1, 0.15) is 18.9 Å². The number of hydrogen-bond acceptors (Lipinski definition) is 2. The van der Waals surface area contributed by atoms with Gasteiger partial charge in [-0.15, -0.1) is 0 Å². The summed E-state index contributed by atoms with van der Waals surface area (Å²) in [5, 5.41) is 2.25. The number of benzene rings is 2. The second-order valence-electron chi connectivity index (χ2n) is 3.96. The number of hydrogen-bond donors (Lipinski definition) is 1. The van der Waals surface area contributed by atoms with Crippen LogP contribution in [0.5, 0.6) is 0 Å². The molecule has 0 spiro atoms. The summed E-state index contributed by atoms with van der Waals surface area (Å²) in [7, 11) is 0. The average molecular weight is 241 g/mol. The number of primary amides is 1.